The Hall–Kier alpha value is -0.480. The third kappa shape index (κ3) is 3.76. The van der Waals surface area contributed by atoms with E-state index in [0.29, 0.717) is 22.3 Å². The Bertz CT molecular complexity index is 440. The van der Waals surface area contributed by atoms with E-state index in [1.165, 1.54) is 0 Å². The minimum atomic E-state index is -0.404. The Morgan fingerprint density at radius 3 is 2.79 bits per heavy atom. The molecule has 0 radical (unpaired) electrons. The zero-order valence-corrected chi connectivity index (χ0v) is 12.5. The molecular formula is C14H19Cl2NO2. The van der Waals surface area contributed by atoms with Gasteiger partial charge in [-0.2, -0.15) is 0 Å². The van der Waals surface area contributed by atoms with Crippen LogP contribution in [0, 0.1) is 0 Å². The van der Waals surface area contributed by atoms with Gasteiger partial charge in [-0.25, -0.2) is 0 Å². The van der Waals surface area contributed by atoms with Gasteiger partial charge in [-0.3, -0.25) is 0 Å². The standard InChI is InChI=1S/C14H19Cl2NO2/c1-2-17-8-9-6-10(15)7-11(16)14(9)19-13-5-3-4-12(13)18/h6-7,12-13,17-18H,2-5,8H2,1H3. The molecule has 0 aliphatic heterocycles. The summed E-state index contributed by atoms with van der Waals surface area (Å²) in [5.41, 5.74) is 0.929. The second-order valence-corrected chi connectivity index (χ2v) is 5.65. The first-order chi connectivity index (χ1) is 9.11. The maximum atomic E-state index is 9.85. The minimum absolute atomic E-state index is 0.168. The molecule has 0 aromatic heterocycles. The third-order valence-corrected chi connectivity index (χ3v) is 3.84. The molecule has 2 N–H and O–H groups in total. The highest BCUT2D eigenvalue weighted by Gasteiger charge is 2.28. The molecule has 1 saturated carbocycles. The molecule has 0 spiro atoms. The van der Waals surface area contributed by atoms with Crippen molar-refractivity contribution in [2.24, 2.45) is 0 Å². The van der Waals surface area contributed by atoms with Crippen molar-refractivity contribution in [2.45, 2.75) is 44.9 Å². The maximum absolute atomic E-state index is 9.85. The molecule has 0 saturated heterocycles. The van der Waals surface area contributed by atoms with Crippen LogP contribution in [0.15, 0.2) is 12.1 Å². The summed E-state index contributed by atoms with van der Waals surface area (Å²) in [5, 5.41) is 14.2. The van der Waals surface area contributed by atoms with E-state index in [-0.39, 0.29) is 6.10 Å². The van der Waals surface area contributed by atoms with Gasteiger partial charge in [0, 0.05) is 17.1 Å². The fraction of sp³-hybridized carbons (Fsp3) is 0.571. The van der Waals surface area contributed by atoms with Crippen LogP contribution in [0.4, 0.5) is 0 Å². The number of hydrogen-bond donors (Lipinski definition) is 2. The highest BCUT2D eigenvalue weighted by atomic mass is 35.5. The van der Waals surface area contributed by atoms with Crippen LogP contribution in [-0.2, 0) is 6.54 Å². The lowest BCUT2D eigenvalue weighted by Gasteiger charge is -2.21. The fourth-order valence-electron chi connectivity index (χ4n) is 2.33. The van der Waals surface area contributed by atoms with Gasteiger partial charge in [0.25, 0.3) is 0 Å². The van der Waals surface area contributed by atoms with Crippen molar-refractivity contribution in [1.82, 2.24) is 5.32 Å². The van der Waals surface area contributed by atoms with Crippen LogP contribution >= 0.6 is 23.2 Å². The first-order valence-electron chi connectivity index (χ1n) is 6.65. The van der Waals surface area contributed by atoms with Gasteiger partial charge in [0.15, 0.2) is 0 Å². The summed E-state index contributed by atoms with van der Waals surface area (Å²) >= 11 is 12.3. The van der Waals surface area contributed by atoms with Gasteiger partial charge < -0.3 is 15.2 Å². The van der Waals surface area contributed by atoms with E-state index in [1.807, 2.05) is 13.0 Å². The average molecular weight is 304 g/mol. The molecule has 1 aromatic carbocycles. The summed E-state index contributed by atoms with van der Waals surface area (Å²) in [4.78, 5) is 0. The number of aliphatic hydroxyl groups excluding tert-OH is 1. The zero-order chi connectivity index (χ0) is 13.8. The fourth-order valence-corrected chi connectivity index (χ4v) is 2.91. The quantitative estimate of drug-likeness (QED) is 0.876. The predicted octanol–water partition coefficient (Wildman–Crippen LogP) is 3.40. The van der Waals surface area contributed by atoms with Crippen molar-refractivity contribution < 1.29 is 9.84 Å². The van der Waals surface area contributed by atoms with Crippen molar-refractivity contribution in [3.63, 3.8) is 0 Å². The van der Waals surface area contributed by atoms with Gasteiger partial charge in [0.2, 0.25) is 0 Å². The van der Waals surface area contributed by atoms with E-state index in [1.54, 1.807) is 6.07 Å². The highest BCUT2D eigenvalue weighted by Crippen LogP contribution is 2.35. The summed E-state index contributed by atoms with van der Waals surface area (Å²) in [5.74, 6) is 0.637. The van der Waals surface area contributed by atoms with Crippen LogP contribution in [-0.4, -0.2) is 23.9 Å². The van der Waals surface area contributed by atoms with Crippen LogP contribution < -0.4 is 10.1 Å². The Labute approximate surface area is 123 Å². The molecule has 5 heteroatoms. The van der Waals surface area contributed by atoms with Gasteiger partial charge in [0.05, 0.1) is 11.1 Å². The molecule has 0 heterocycles. The van der Waals surface area contributed by atoms with Gasteiger partial charge in [0.1, 0.15) is 11.9 Å². The molecule has 1 fully saturated rings. The van der Waals surface area contributed by atoms with Crippen LogP contribution in [0.3, 0.4) is 0 Å². The second kappa shape index (κ2) is 6.80. The predicted molar refractivity (Wildman–Crippen MR) is 78.1 cm³/mol. The van der Waals surface area contributed by atoms with Crippen LogP contribution in [0.1, 0.15) is 31.7 Å². The summed E-state index contributed by atoms with van der Waals surface area (Å²) in [7, 11) is 0. The van der Waals surface area contributed by atoms with Crippen molar-refractivity contribution in [1.29, 1.82) is 0 Å². The van der Waals surface area contributed by atoms with E-state index in [9.17, 15) is 5.11 Å². The molecule has 19 heavy (non-hydrogen) atoms. The molecule has 3 nitrogen and oxygen atoms in total. The molecule has 2 unspecified atom stereocenters. The minimum Gasteiger partial charge on any atom is -0.486 e. The number of halogens is 2. The third-order valence-electron chi connectivity index (χ3n) is 3.34. The molecule has 0 bridgehead atoms. The number of nitrogens with one attached hydrogen (secondary N) is 1. The normalized spacial score (nSPS) is 22.7. The first kappa shape index (κ1) is 14.9. The number of benzene rings is 1. The van der Waals surface area contributed by atoms with Crippen molar-refractivity contribution in [2.75, 3.05) is 6.54 Å². The number of aliphatic hydroxyl groups is 1. The van der Waals surface area contributed by atoms with Gasteiger partial charge in [-0.05, 0) is 37.9 Å². The van der Waals surface area contributed by atoms with Crippen LogP contribution in [0.5, 0.6) is 5.75 Å². The molecular weight excluding hydrogens is 285 g/mol. The van der Waals surface area contributed by atoms with Crippen LogP contribution in [0.25, 0.3) is 0 Å². The van der Waals surface area contributed by atoms with E-state index >= 15 is 0 Å². The topological polar surface area (TPSA) is 41.5 Å². The zero-order valence-electron chi connectivity index (χ0n) is 11.0. The van der Waals surface area contributed by atoms with Crippen molar-refractivity contribution in [3.05, 3.63) is 27.7 Å². The van der Waals surface area contributed by atoms with E-state index in [0.717, 1.165) is 31.4 Å². The molecule has 1 aliphatic rings. The monoisotopic (exact) mass is 303 g/mol. The Morgan fingerprint density at radius 2 is 2.16 bits per heavy atom. The summed E-state index contributed by atoms with van der Waals surface area (Å²) in [6.45, 7) is 3.54. The van der Waals surface area contributed by atoms with Crippen molar-refractivity contribution >= 4 is 23.2 Å². The number of ether oxygens (including phenoxy) is 1. The van der Waals surface area contributed by atoms with Crippen LogP contribution in [0.2, 0.25) is 10.0 Å². The highest BCUT2D eigenvalue weighted by molar-refractivity contribution is 6.35. The largest absolute Gasteiger partial charge is 0.486 e. The number of hydrogen-bond acceptors (Lipinski definition) is 3. The van der Waals surface area contributed by atoms with Crippen molar-refractivity contribution in [3.8, 4) is 5.75 Å². The Morgan fingerprint density at radius 1 is 1.37 bits per heavy atom. The van der Waals surface area contributed by atoms with E-state index < -0.39 is 6.10 Å². The molecule has 0 amide bonds. The molecule has 2 atom stereocenters. The SMILES string of the molecule is CCNCc1cc(Cl)cc(Cl)c1OC1CCCC1O. The smallest absolute Gasteiger partial charge is 0.143 e. The second-order valence-electron chi connectivity index (χ2n) is 4.81. The maximum Gasteiger partial charge on any atom is 0.143 e. The average Bonchev–Trinajstić information content (AvgIpc) is 2.76. The van der Waals surface area contributed by atoms with E-state index in [2.05, 4.69) is 5.32 Å². The summed E-state index contributed by atoms with van der Waals surface area (Å²) in [6, 6.07) is 3.53. The lowest BCUT2D eigenvalue weighted by atomic mass is 10.2. The first-order valence-corrected chi connectivity index (χ1v) is 7.40. The number of rotatable bonds is 5. The summed E-state index contributed by atoms with van der Waals surface area (Å²) < 4.78 is 5.92. The molecule has 2 rings (SSSR count). The molecule has 1 aromatic rings. The van der Waals surface area contributed by atoms with Gasteiger partial charge in [-0.15, -0.1) is 0 Å². The van der Waals surface area contributed by atoms with E-state index in [4.69, 9.17) is 27.9 Å². The molecule has 1 aliphatic carbocycles. The van der Waals surface area contributed by atoms with Gasteiger partial charge in [-0.1, -0.05) is 30.1 Å². The Balaban J connectivity index is 2.21. The molecule has 106 valence electrons. The lowest BCUT2D eigenvalue weighted by Crippen LogP contribution is -2.26. The summed E-state index contributed by atoms with van der Waals surface area (Å²) in [6.07, 6.45) is 2.07. The van der Waals surface area contributed by atoms with Gasteiger partial charge >= 0.3 is 0 Å². The Kier molecular flexibility index (Phi) is 5.34. The lowest BCUT2D eigenvalue weighted by molar-refractivity contribution is 0.0598.